The van der Waals surface area contributed by atoms with Crippen molar-refractivity contribution < 1.29 is 19.1 Å². The van der Waals surface area contributed by atoms with Crippen LogP contribution in [-0.4, -0.2) is 38.1 Å². The van der Waals surface area contributed by atoms with Gasteiger partial charge in [-0.05, 0) is 29.3 Å². The number of esters is 1. The summed E-state index contributed by atoms with van der Waals surface area (Å²) in [5, 5.41) is 5.37. The fourth-order valence-corrected chi connectivity index (χ4v) is 2.96. The van der Waals surface area contributed by atoms with E-state index in [1.807, 2.05) is 30.3 Å². The molecule has 0 aromatic heterocycles. The Morgan fingerprint density at radius 3 is 2.71 bits per heavy atom. The zero-order valence-electron chi connectivity index (χ0n) is 15.6. The highest BCUT2D eigenvalue weighted by Crippen LogP contribution is 2.24. The molecule has 1 unspecified atom stereocenters. The monoisotopic (exact) mass is 379 g/mol. The van der Waals surface area contributed by atoms with Gasteiger partial charge in [0.05, 0.1) is 19.2 Å². The van der Waals surface area contributed by atoms with Crippen LogP contribution >= 0.6 is 0 Å². The van der Waals surface area contributed by atoms with Gasteiger partial charge in [0.15, 0.2) is 0 Å². The number of fused-ring (bicyclic) bond motifs is 1. The summed E-state index contributed by atoms with van der Waals surface area (Å²) in [7, 11) is 3.00. The summed E-state index contributed by atoms with van der Waals surface area (Å²) in [6, 6.07) is 13.1. The molecule has 7 heteroatoms. The van der Waals surface area contributed by atoms with Crippen molar-refractivity contribution in [2.24, 2.45) is 0 Å². The number of urea groups is 1. The molecule has 1 aliphatic rings. The molecule has 144 valence electrons. The van der Waals surface area contributed by atoms with E-state index in [1.54, 1.807) is 37.4 Å². The van der Waals surface area contributed by atoms with E-state index in [-0.39, 0.29) is 18.3 Å². The number of hydrogen-bond donors (Lipinski definition) is 2. The number of nitrogens with zero attached hydrogens (tertiary/aromatic N) is 1. The van der Waals surface area contributed by atoms with Crippen LogP contribution in [0, 0.1) is 0 Å². The zero-order valence-corrected chi connectivity index (χ0v) is 15.6. The first-order valence-electron chi connectivity index (χ1n) is 8.76. The number of amides is 3. The molecule has 2 aromatic carbocycles. The van der Waals surface area contributed by atoms with E-state index in [0.717, 1.165) is 11.3 Å². The van der Waals surface area contributed by atoms with Gasteiger partial charge in [-0.25, -0.2) is 4.79 Å². The van der Waals surface area contributed by atoms with Gasteiger partial charge in [0, 0.05) is 12.7 Å². The highest BCUT2D eigenvalue weighted by atomic mass is 16.5. The Bertz CT molecular complexity index is 939. The van der Waals surface area contributed by atoms with E-state index in [0.29, 0.717) is 11.3 Å². The summed E-state index contributed by atoms with van der Waals surface area (Å²) >= 11 is 0. The molecule has 0 fully saturated rings. The largest absolute Gasteiger partial charge is 0.469 e. The lowest BCUT2D eigenvalue weighted by atomic mass is 10.1. The summed E-state index contributed by atoms with van der Waals surface area (Å²) in [6.07, 6.45) is 3.59. The molecule has 2 N–H and O–H groups in total. The number of methoxy groups -OCH3 is 1. The Morgan fingerprint density at radius 1 is 1.14 bits per heavy atom. The number of ether oxygens (including phenoxy) is 1. The smallest absolute Gasteiger partial charge is 0.320 e. The first-order chi connectivity index (χ1) is 13.5. The Labute approximate surface area is 163 Å². The van der Waals surface area contributed by atoms with Crippen LogP contribution < -0.4 is 15.5 Å². The number of para-hydroxylation sites is 1. The maximum absolute atomic E-state index is 12.7. The molecule has 2 aromatic rings. The summed E-state index contributed by atoms with van der Waals surface area (Å²) in [5.74, 6) is -0.603. The SMILES string of the molecule is COC(=O)Cc1cccc(NC(=O)NC2C=Cc3ccccc3N(C)C2=O)c1. The number of anilines is 2. The van der Waals surface area contributed by atoms with Crippen molar-refractivity contribution >= 4 is 35.4 Å². The lowest BCUT2D eigenvalue weighted by Gasteiger charge is -2.22. The number of likely N-dealkylation sites (N-methyl/N-ethyl adjacent to an activating group) is 1. The molecule has 28 heavy (non-hydrogen) atoms. The second-order valence-corrected chi connectivity index (χ2v) is 6.34. The molecule has 3 amide bonds. The van der Waals surface area contributed by atoms with Gasteiger partial charge in [0.1, 0.15) is 6.04 Å². The Hall–Kier alpha value is -3.61. The normalized spacial score (nSPS) is 15.4. The third-order valence-electron chi connectivity index (χ3n) is 4.41. The van der Waals surface area contributed by atoms with Gasteiger partial charge in [-0.3, -0.25) is 9.59 Å². The second kappa shape index (κ2) is 8.39. The minimum absolute atomic E-state index is 0.112. The molecule has 0 spiro atoms. The zero-order chi connectivity index (χ0) is 20.1. The van der Waals surface area contributed by atoms with E-state index in [9.17, 15) is 14.4 Å². The number of benzene rings is 2. The van der Waals surface area contributed by atoms with Crippen LogP contribution in [0.3, 0.4) is 0 Å². The van der Waals surface area contributed by atoms with Crippen LogP contribution in [0.2, 0.25) is 0 Å². The van der Waals surface area contributed by atoms with Crippen molar-refractivity contribution in [3.8, 4) is 0 Å². The molecule has 7 nitrogen and oxygen atoms in total. The molecule has 0 saturated carbocycles. The number of rotatable bonds is 4. The van der Waals surface area contributed by atoms with Crippen molar-refractivity contribution in [3.05, 3.63) is 65.7 Å². The van der Waals surface area contributed by atoms with Crippen molar-refractivity contribution in [3.63, 3.8) is 0 Å². The van der Waals surface area contributed by atoms with Crippen LogP contribution in [0.25, 0.3) is 6.08 Å². The maximum Gasteiger partial charge on any atom is 0.320 e. The van der Waals surface area contributed by atoms with Gasteiger partial charge < -0.3 is 20.3 Å². The molecular formula is C21H21N3O4. The maximum atomic E-state index is 12.7. The van der Waals surface area contributed by atoms with Gasteiger partial charge in [0.2, 0.25) is 0 Å². The van der Waals surface area contributed by atoms with Crippen molar-refractivity contribution in [2.45, 2.75) is 12.5 Å². The highest BCUT2D eigenvalue weighted by molar-refractivity contribution is 6.04. The molecule has 1 atom stereocenters. The first-order valence-corrected chi connectivity index (χ1v) is 8.76. The van der Waals surface area contributed by atoms with E-state index in [1.165, 1.54) is 12.0 Å². The lowest BCUT2D eigenvalue weighted by Crippen LogP contribution is -2.47. The van der Waals surface area contributed by atoms with Crippen molar-refractivity contribution in [2.75, 3.05) is 24.4 Å². The molecule has 0 bridgehead atoms. The predicted molar refractivity (Wildman–Crippen MR) is 107 cm³/mol. The van der Waals surface area contributed by atoms with Gasteiger partial charge in [0.25, 0.3) is 5.91 Å². The predicted octanol–water partition coefficient (Wildman–Crippen LogP) is 2.58. The summed E-state index contributed by atoms with van der Waals surface area (Å²) in [5.41, 5.74) is 2.91. The fourth-order valence-electron chi connectivity index (χ4n) is 2.96. The van der Waals surface area contributed by atoms with Crippen LogP contribution in [0.5, 0.6) is 0 Å². The number of carbonyl (C=O) groups is 3. The van der Waals surface area contributed by atoms with Crippen molar-refractivity contribution in [1.82, 2.24) is 5.32 Å². The molecular weight excluding hydrogens is 358 g/mol. The van der Waals surface area contributed by atoms with Gasteiger partial charge in [-0.2, -0.15) is 0 Å². The number of nitrogens with one attached hydrogen (secondary N) is 2. The van der Waals surface area contributed by atoms with E-state index in [4.69, 9.17) is 0 Å². The van der Waals surface area contributed by atoms with Crippen LogP contribution in [-0.2, 0) is 20.7 Å². The Kier molecular flexibility index (Phi) is 5.74. The number of carbonyl (C=O) groups excluding carboxylic acids is 3. The number of hydrogen-bond acceptors (Lipinski definition) is 4. The van der Waals surface area contributed by atoms with E-state index >= 15 is 0 Å². The lowest BCUT2D eigenvalue weighted by molar-refractivity contribution is -0.139. The average Bonchev–Trinajstić information content (AvgIpc) is 2.80. The fraction of sp³-hybridized carbons (Fsp3) is 0.190. The van der Waals surface area contributed by atoms with Crippen LogP contribution in [0.4, 0.5) is 16.2 Å². The van der Waals surface area contributed by atoms with Crippen LogP contribution in [0.15, 0.2) is 54.6 Å². The molecule has 0 radical (unpaired) electrons. The van der Waals surface area contributed by atoms with E-state index < -0.39 is 12.1 Å². The third-order valence-corrected chi connectivity index (χ3v) is 4.41. The Balaban J connectivity index is 1.68. The van der Waals surface area contributed by atoms with Gasteiger partial charge >= 0.3 is 12.0 Å². The second-order valence-electron chi connectivity index (χ2n) is 6.34. The standard InChI is InChI=1S/C21H21N3O4/c1-24-18-9-4-3-7-15(18)10-11-17(20(24)26)23-21(27)22-16-8-5-6-14(12-16)13-19(25)28-2/h3-12,17H,13H2,1-2H3,(H2,22,23,27). The summed E-state index contributed by atoms with van der Waals surface area (Å²) < 4.78 is 4.65. The summed E-state index contributed by atoms with van der Waals surface area (Å²) in [6.45, 7) is 0. The van der Waals surface area contributed by atoms with Gasteiger partial charge in [-0.15, -0.1) is 0 Å². The van der Waals surface area contributed by atoms with E-state index in [2.05, 4.69) is 15.4 Å². The minimum atomic E-state index is -0.796. The Morgan fingerprint density at radius 2 is 1.93 bits per heavy atom. The molecule has 0 aliphatic carbocycles. The topological polar surface area (TPSA) is 87.7 Å². The van der Waals surface area contributed by atoms with Crippen LogP contribution in [0.1, 0.15) is 11.1 Å². The highest BCUT2D eigenvalue weighted by Gasteiger charge is 2.26. The quantitative estimate of drug-likeness (QED) is 0.800. The molecule has 1 aliphatic heterocycles. The molecule has 1 heterocycles. The third kappa shape index (κ3) is 4.37. The van der Waals surface area contributed by atoms with Gasteiger partial charge in [-0.1, -0.05) is 42.5 Å². The minimum Gasteiger partial charge on any atom is -0.469 e. The molecule has 0 saturated heterocycles. The van der Waals surface area contributed by atoms with Crippen molar-refractivity contribution in [1.29, 1.82) is 0 Å². The average molecular weight is 379 g/mol. The summed E-state index contributed by atoms with van der Waals surface area (Å²) in [4.78, 5) is 38.0. The first kappa shape index (κ1) is 19.2. The molecule has 3 rings (SSSR count).